The molecule has 0 radical (unpaired) electrons. The first kappa shape index (κ1) is 15.6. The van der Waals surface area contributed by atoms with Gasteiger partial charge in [-0.05, 0) is 29.9 Å². The number of hydrogen-bond acceptors (Lipinski definition) is 5. The maximum absolute atomic E-state index is 13.1. The Bertz CT molecular complexity index is 844. The molecule has 1 amide bonds. The molecule has 0 N–H and O–H groups in total. The maximum atomic E-state index is 13.1. The molecule has 3 aromatic rings. The molecule has 1 saturated heterocycles. The molecular weight excluding hydrogens is 338 g/mol. The summed E-state index contributed by atoms with van der Waals surface area (Å²) in [5, 5.41) is 3.66. The van der Waals surface area contributed by atoms with Crippen LogP contribution in [-0.2, 0) is 4.79 Å². The predicted molar refractivity (Wildman–Crippen MR) is 98.3 cm³/mol. The number of hydrogen-bond donors (Lipinski definition) is 0. The molecule has 4 nitrogen and oxygen atoms in total. The summed E-state index contributed by atoms with van der Waals surface area (Å²) in [4.78, 5) is 24.8. The SMILES string of the molecule is O=C([C@H](Sc1ncnc2sccc12)c1ccccc1)N1CCCC1. The molecule has 1 fully saturated rings. The summed E-state index contributed by atoms with van der Waals surface area (Å²) >= 11 is 3.13. The molecule has 2 aromatic heterocycles. The van der Waals surface area contributed by atoms with E-state index in [9.17, 15) is 4.79 Å². The van der Waals surface area contributed by atoms with Crippen LogP contribution in [0.5, 0.6) is 0 Å². The van der Waals surface area contributed by atoms with Gasteiger partial charge in [-0.15, -0.1) is 11.3 Å². The first-order valence-electron chi connectivity index (χ1n) is 8.01. The van der Waals surface area contributed by atoms with Gasteiger partial charge in [-0.25, -0.2) is 9.97 Å². The highest BCUT2D eigenvalue weighted by molar-refractivity contribution is 8.00. The van der Waals surface area contributed by atoms with E-state index in [4.69, 9.17) is 0 Å². The van der Waals surface area contributed by atoms with Gasteiger partial charge in [0.15, 0.2) is 0 Å². The number of amides is 1. The number of rotatable bonds is 4. The first-order valence-corrected chi connectivity index (χ1v) is 9.77. The van der Waals surface area contributed by atoms with Crippen molar-refractivity contribution in [3.8, 4) is 0 Å². The smallest absolute Gasteiger partial charge is 0.240 e. The predicted octanol–water partition coefficient (Wildman–Crippen LogP) is 4.15. The van der Waals surface area contributed by atoms with E-state index in [-0.39, 0.29) is 11.2 Å². The number of thiophene rings is 1. The number of likely N-dealkylation sites (tertiary alicyclic amines) is 1. The van der Waals surface area contributed by atoms with Gasteiger partial charge in [0, 0.05) is 18.5 Å². The Hall–Kier alpha value is -1.92. The van der Waals surface area contributed by atoms with Gasteiger partial charge in [-0.2, -0.15) is 0 Å². The molecule has 4 rings (SSSR count). The number of nitrogens with zero attached hydrogens (tertiary/aromatic N) is 3. The van der Waals surface area contributed by atoms with Crippen molar-refractivity contribution in [3.05, 3.63) is 53.7 Å². The van der Waals surface area contributed by atoms with Crippen LogP contribution < -0.4 is 0 Å². The number of benzene rings is 1. The molecule has 0 unspecified atom stereocenters. The van der Waals surface area contributed by atoms with Gasteiger partial charge in [-0.3, -0.25) is 4.79 Å². The Morgan fingerprint density at radius 3 is 2.71 bits per heavy atom. The van der Waals surface area contributed by atoms with Gasteiger partial charge in [-0.1, -0.05) is 42.1 Å². The van der Waals surface area contributed by atoms with Crippen LogP contribution in [0.3, 0.4) is 0 Å². The lowest BCUT2D eigenvalue weighted by Crippen LogP contribution is -2.31. The lowest BCUT2D eigenvalue weighted by Gasteiger charge is -2.23. The van der Waals surface area contributed by atoms with Crippen LogP contribution in [0.4, 0.5) is 0 Å². The lowest BCUT2D eigenvalue weighted by atomic mass is 10.1. The van der Waals surface area contributed by atoms with Crippen molar-refractivity contribution < 1.29 is 4.79 Å². The van der Waals surface area contributed by atoms with E-state index in [2.05, 4.69) is 9.97 Å². The molecule has 1 atom stereocenters. The Balaban J connectivity index is 1.70. The number of carbonyl (C=O) groups is 1. The van der Waals surface area contributed by atoms with E-state index in [1.54, 1.807) is 17.7 Å². The molecule has 0 bridgehead atoms. The summed E-state index contributed by atoms with van der Waals surface area (Å²) in [6.07, 6.45) is 3.78. The summed E-state index contributed by atoms with van der Waals surface area (Å²) in [5.74, 6) is 0.186. The van der Waals surface area contributed by atoms with Crippen LogP contribution in [0, 0.1) is 0 Å². The topological polar surface area (TPSA) is 46.1 Å². The third kappa shape index (κ3) is 3.03. The normalized spacial score (nSPS) is 15.8. The summed E-state index contributed by atoms with van der Waals surface area (Å²) < 4.78 is 0. The van der Waals surface area contributed by atoms with E-state index in [0.717, 1.165) is 46.7 Å². The van der Waals surface area contributed by atoms with E-state index >= 15 is 0 Å². The monoisotopic (exact) mass is 355 g/mol. The Morgan fingerprint density at radius 1 is 1.12 bits per heavy atom. The Labute approximate surface area is 148 Å². The molecular formula is C18H17N3OS2. The Kier molecular flexibility index (Phi) is 4.49. The molecule has 1 aliphatic rings. The molecule has 0 saturated carbocycles. The standard InChI is InChI=1S/C18H17N3OS2/c22-18(21-9-4-5-10-21)15(13-6-2-1-3-7-13)24-17-14-8-11-23-16(14)19-12-20-17/h1-3,6-8,11-12,15H,4-5,9-10H2/t15-/m1/s1. The summed E-state index contributed by atoms with van der Waals surface area (Å²) in [6, 6.07) is 12.0. The first-order chi connectivity index (χ1) is 11.8. The van der Waals surface area contributed by atoms with Gasteiger partial charge in [0.1, 0.15) is 21.4 Å². The highest BCUT2D eigenvalue weighted by atomic mass is 32.2. The molecule has 6 heteroatoms. The molecule has 1 aliphatic heterocycles. The Morgan fingerprint density at radius 2 is 1.92 bits per heavy atom. The van der Waals surface area contributed by atoms with Gasteiger partial charge < -0.3 is 4.90 Å². The highest BCUT2D eigenvalue weighted by Gasteiger charge is 2.29. The van der Waals surface area contributed by atoms with Crippen molar-refractivity contribution in [1.82, 2.24) is 14.9 Å². The van der Waals surface area contributed by atoms with Crippen LogP contribution in [0.25, 0.3) is 10.2 Å². The second kappa shape index (κ2) is 6.91. The molecule has 24 heavy (non-hydrogen) atoms. The number of fused-ring (bicyclic) bond motifs is 1. The molecule has 0 aliphatic carbocycles. The number of thioether (sulfide) groups is 1. The zero-order chi connectivity index (χ0) is 16.4. The molecule has 0 spiro atoms. The minimum absolute atomic E-state index is 0.186. The van der Waals surface area contributed by atoms with Gasteiger partial charge in [0.25, 0.3) is 0 Å². The molecule has 3 heterocycles. The van der Waals surface area contributed by atoms with Crippen molar-refractivity contribution >= 4 is 39.2 Å². The average molecular weight is 355 g/mol. The van der Waals surface area contributed by atoms with Crippen LogP contribution in [-0.4, -0.2) is 33.9 Å². The average Bonchev–Trinajstić information content (AvgIpc) is 3.31. The fourth-order valence-electron chi connectivity index (χ4n) is 2.97. The maximum Gasteiger partial charge on any atom is 0.240 e. The van der Waals surface area contributed by atoms with Crippen molar-refractivity contribution in [2.24, 2.45) is 0 Å². The molecule has 1 aromatic carbocycles. The minimum Gasteiger partial charge on any atom is -0.341 e. The lowest BCUT2D eigenvalue weighted by molar-refractivity contribution is -0.129. The fraction of sp³-hybridized carbons (Fsp3) is 0.278. The fourth-order valence-corrected chi connectivity index (χ4v) is 4.93. The third-order valence-electron chi connectivity index (χ3n) is 4.20. The van der Waals surface area contributed by atoms with Crippen molar-refractivity contribution in [2.45, 2.75) is 23.1 Å². The largest absolute Gasteiger partial charge is 0.341 e. The summed E-state index contributed by atoms with van der Waals surface area (Å²) in [7, 11) is 0. The third-order valence-corrected chi connectivity index (χ3v) is 6.28. The van der Waals surface area contributed by atoms with Crippen LogP contribution in [0.15, 0.2) is 53.1 Å². The molecule has 122 valence electrons. The van der Waals surface area contributed by atoms with Crippen molar-refractivity contribution in [1.29, 1.82) is 0 Å². The van der Waals surface area contributed by atoms with Crippen molar-refractivity contribution in [2.75, 3.05) is 13.1 Å². The van der Waals surface area contributed by atoms with Gasteiger partial charge in [0.05, 0.1) is 0 Å². The van der Waals surface area contributed by atoms with E-state index < -0.39 is 0 Å². The summed E-state index contributed by atoms with van der Waals surface area (Å²) in [6.45, 7) is 1.72. The highest BCUT2D eigenvalue weighted by Crippen LogP contribution is 2.39. The van der Waals surface area contributed by atoms with E-state index in [1.807, 2.05) is 46.7 Å². The van der Waals surface area contributed by atoms with Gasteiger partial charge >= 0.3 is 0 Å². The van der Waals surface area contributed by atoms with Gasteiger partial charge in [0.2, 0.25) is 5.91 Å². The van der Waals surface area contributed by atoms with Crippen LogP contribution in [0.2, 0.25) is 0 Å². The number of aromatic nitrogens is 2. The van der Waals surface area contributed by atoms with E-state index in [1.165, 1.54) is 11.8 Å². The zero-order valence-electron chi connectivity index (χ0n) is 13.1. The second-order valence-electron chi connectivity index (χ2n) is 5.76. The van der Waals surface area contributed by atoms with E-state index in [0.29, 0.717) is 0 Å². The second-order valence-corrected chi connectivity index (χ2v) is 7.75. The minimum atomic E-state index is -0.262. The summed E-state index contributed by atoms with van der Waals surface area (Å²) in [5.41, 5.74) is 1.03. The quantitative estimate of drug-likeness (QED) is 0.521. The van der Waals surface area contributed by atoms with Crippen molar-refractivity contribution in [3.63, 3.8) is 0 Å². The van der Waals surface area contributed by atoms with Crippen LogP contribution >= 0.6 is 23.1 Å². The zero-order valence-corrected chi connectivity index (χ0v) is 14.7. The number of carbonyl (C=O) groups excluding carboxylic acids is 1. The van der Waals surface area contributed by atoms with Crippen LogP contribution in [0.1, 0.15) is 23.7 Å².